The Morgan fingerprint density at radius 2 is 2.07 bits per heavy atom. The number of aryl methyl sites for hydroxylation is 1. The molecule has 3 heterocycles. The van der Waals surface area contributed by atoms with E-state index in [1.165, 1.54) is 0 Å². The van der Waals surface area contributed by atoms with Gasteiger partial charge in [0.05, 0.1) is 17.7 Å². The zero-order valence-electron chi connectivity index (χ0n) is 16.1. The van der Waals surface area contributed by atoms with Crippen LogP contribution in [0, 0.1) is 5.92 Å². The first-order chi connectivity index (χ1) is 13.7. The van der Waals surface area contributed by atoms with Gasteiger partial charge in [-0.1, -0.05) is 19.1 Å². The Kier molecular flexibility index (Phi) is 5.88. The molecule has 28 heavy (non-hydrogen) atoms. The minimum atomic E-state index is 0.0574. The van der Waals surface area contributed by atoms with Gasteiger partial charge in [0.15, 0.2) is 0 Å². The molecule has 1 saturated heterocycles. The van der Waals surface area contributed by atoms with E-state index < -0.39 is 0 Å². The molecule has 0 saturated carbocycles. The summed E-state index contributed by atoms with van der Waals surface area (Å²) in [4.78, 5) is 19.4. The Bertz CT molecular complexity index is 912. The molecule has 0 atom stereocenters. The molecule has 1 amide bonds. The number of hydrogen-bond acceptors (Lipinski definition) is 5. The van der Waals surface area contributed by atoms with E-state index in [1.807, 2.05) is 35.2 Å². The number of carbonyl (C=O) groups excluding carboxylic acids is 1. The number of aromatic nitrogens is 1. The third-order valence-electron chi connectivity index (χ3n) is 5.26. The van der Waals surface area contributed by atoms with Gasteiger partial charge in [-0.3, -0.25) is 9.69 Å². The fourth-order valence-corrected chi connectivity index (χ4v) is 4.19. The standard InChI is InChI=1S/C22H25N3O2S/c1-2-19-6-7-20(27-19)13-25-10-8-16(9-11-25)22(26)24-18-5-3-4-17(12-18)21-14-28-15-23-21/h3-7,12,14-16H,2,8-11,13H2,1H3,(H,24,26). The Morgan fingerprint density at radius 1 is 1.25 bits per heavy atom. The summed E-state index contributed by atoms with van der Waals surface area (Å²) in [7, 11) is 0. The van der Waals surface area contributed by atoms with Crippen molar-refractivity contribution in [2.45, 2.75) is 32.7 Å². The van der Waals surface area contributed by atoms with E-state index in [9.17, 15) is 4.79 Å². The quantitative estimate of drug-likeness (QED) is 0.650. The lowest BCUT2D eigenvalue weighted by molar-refractivity contribution is -0.121. The summed E-state index contributed by atoms with van der Waals surface area (Å²) in [5.74, 6) is 2.21. The number of rotatable bonds is 6. The first-order valence-electron chi connectivity index (χ1n) is 9.80. The molecule has 1 aromatic carbocycles. The van der Waals surface area contributed by atoms with Gasteiger partial charge >= 0.3 is 0 Å². The maximum atomic E-state index is 12.7. The number of likely N-dealkylation sites (tertiary alicyclic amines) is 1. The fraction of sp³-hybridized carbons (Fsp3) is 0.364. The van der Waals surface area contributed by atoms with Gasteiger partial charge in [-0.2, -0.15) is 0 Å². The molecule has 0 spiro atoms. The highest BCUT2D eigenvalue weighted by Crippen LogP contribution is 2.25. The van der Waals surface area contributed by atoms with Crippen molar-refractivity contribution >= 4 is 22.9 Å². The number of piperidine rings is 1. The Balaban J connectivity index is 1.30. The van der Waals surface area contributed by atoms with E-state index in [0.717, 1.165) is 67.4 Å². The molecule has 1 fully saturated rings. The SMILES string of the molecule is CCc1ccc(CN2CCC(C(=O)Nc3cccc(-c4cscn4)c3)CC2)o1. The molecule has 146 valence electrons. The van der Waals surface area contributed by atoms with Gasteiger partial charge in [0.1, 0.15) is 11.5 Å². The molecule has 0 unspecified atom stereocenters. The Hall–Kier alpha value is -2.44. The van der Waals surface area contributed by atoms with Crippen molar-refractivity contribution in [3.8, 4) is 11.3 Å². The number of nitrogens with zero attached hydrogens (tertiary/aromatic N) is 2. The van der Waals surface area contributed by atoms with Crippen LogP contribution in [0.4, 0.5) is 5.69 Å². The summed E-state index contributed by atoms with van der Waals surface area (Å²) in [6.07, 6.45) is 2.67. The van der Waals surface area contributed by atoms with Crippen LogP contribution in [0.15, 0.2) is 51.7 Å². The van der Waals surface area contributed by atoms with Crippen LogP contribution in [0.25, 0.3) is 11.3 Å². The van der Waals surface area contributed by atoms with Gasteiger partial charge < -0.3 is 9.73 Å². The topological polar surface area (TPSA) is 58.4 Å². The van der Waals surface area contributed by atoms with Gasteiger partial charge in [-0.25, -0.2) is 4.98 Å². The van der Waals surface area contributed by atoms with Gasteiger partial charge in [-0.05, 0) is 50.2 Å². The van der Waals surface area contributed by atoms with Crippen LogP contribution in [-0.4, -0.2) is 28.9 Å². The van der Waals surface area contributed by atoms with E-state index in [2.05, 4.69) is 34.3 Å². The van der Waals surface area contributed by atoms with Crippen molar-refractivity contribution in [1.82, 2.24) is 9.88 Å². The van der Waals surface area contributed by atoms with Crippen LogP contribution in [0.1, 0.15) is 31.3 Å². The molecule has 0 aliphatic carbocycles. The molecule has 6 heteroatoms. The minimum Gasteiger partial charge on any atom is -0.465 e. The van der Waals surface area contributed by atoms with Gasteiger partial charge in [-0.15, -0.1) is 11.3 Å². The zero-order valence-corrected chi connectivity index (χ0v) is 16.9. The third kappa shape index (κ3) is 4.51. The van der Waals surface area contributed by atoms with Crippen molar-refractivity contribution < 1.29 is 9.21 Å². The fourth-order valence-electron chi connectivity index (χ4n) is 3.63. The van der Waals surface area contributed by atoms with E-state index in [1.54, 1.807) is 11.3 Å². The molecular weight excluding hydrogens is 370 g/mol. The summed E-state index contributed by atoms with van der Waals surface area (Å²) >= 11 is 1.57. The summed E-state index contributed by atoms with van der Waals surface area (Å²) < 4.78 is 5.81. The van der Waals surface area contributed by atoms with Crippen LogP contribution in [0.3, 0.4) is 0 Å². The van der Waals surface area contributed by atoms with Crippen molar-refractivity contribution in [2.24, 2.45) is 5.92 Å². The van der Waals surface area contributed by atoms with Crippen LogP contribution >= 0.6 is 11.3 Å². The van der Waals surface area contributed by atoms with E-state index >= 15 is 0 Å². The lowest BCUT2D eigenvalue weighted by Gasteiger charge is -2.30. The molecule has 1 aliphatic rings. The summed E-state index contributed by atoms with van der Waals surface area (Å²) in [5, 5.41) is 5.10. The smallest absolute Gasteiger partial charge is 0.227 e. The normalized spacial score (nSPS) is 15.6. The van der Waals surface area contributed by atoms with E-state index in [4.69, 9.17) is 4.42 Å². The predicted octanol–water partition coefficient (Wildman–Crippen LogP) is 4.82. The number of benzene rings is 1. The lowest BCUT2D eigenvalue weighted by Crippen LogP contribution is -2.37. The summed E-state index contributed by atoms with van der Waals surface area (Å²) in [6.45, 7) is 4.75. The first-order valence-corrected chi connectivity index (χ1v) is 10.7. The molecule has 0 bridgehead atoms. The number of thiazole rings is 1. The van der Waals surface area contributed by atoms with Gasteiger partial charge in [0.2, 0.25) is 5.91 Å². The zero-order chi connectivity index (χ0) is 19.3. The average molecular weight is 396 g/mol. The maximum absolute atomic E-state index is 12.7. The van der Waals surface area contributed by atoms with Crippen LogP contribution in [0.5, 0.6) is 0 Å². The third-order valence-corrected chi connectivity index (χ3v) is 5.85. The first kappa shape index (κ1) is 18.9. The highest BCUT2D eigenvalue weighted by Gasteiger charge is 2.25. The minimum absolute atomic E-state index is 0.0574. The molecular formula is C22H25N3O2S. The van der Waals surface area contributed by atoms with E-state index in [-0.39, 0.29) is 11.8 Å². The molecule has 3 aromatic rings. The highest BCUT2D eigenvalue weighted by atomic mass is 32.1. The van der Waals surface area contributed by atoms with Gasteiger partial charge in [0, 0.05) is 29.0 Å². The second kappa shape index (κ2) is 8.71. The Morgan fingerprint density at radius 3 is 2.79 bits per heavy atom. The van der Waals surface area contributed by atoms with Crippen molar-refractivity contribution in [1.29, 1.82) is 0 Å². The molecule has 1 aliphatic heterocycles. The molecule has 0 radical (unpaired) electrons. The monoisotopic (exact) mass is 395 g/mol. The second-order valence-corrected chi connectivity index (χ2v) is 7.93. The number of anilines is 1. The Labute approximate surface area is 169 Å². The number of carbonyl (C=O) groups is 1. The maximum Gasteiger partial charge on any atom is 0.227 e. The molecule has 2 aromatic heterocycles. The van der Waals surface area contributed by atoms with Crippen LogP contribution in [0.2, 0.25) is 0 Å². The number of amides is 1. The van der Waals surface area contributed by atoms with Crippen LogP contribution in [-0.2, 0) is 17.8 Å². The largest absolute Gasteiger partial charge is 0.465 e. The van der Waals surface area contributed by atoms with Crippen molar-refractivity contribution in [3.05, 3.63) is 58.8 Å². The summed E-state index contributed by atoms with van der Waals surface area (Å²) in [5.41, 5.74) is 4.62. The highest BCUT2D eigenvalue weighted by molar-refractivity contribution is 7.07. The summed E-state index contributed by atoms with van der Waals surface area (Å²) in [6, 6.07) is 12.0. The number of furan rings is 1. The second-order valence-electron chi connectivity index (χ2n) is 7.22. The molecule has 1 N–H and O–H groups in total. The van der Waals surface area contributed by atoms with E-state index in [0.29, 0.717) is 0 Å². The lowest BCUT2D eigenvalue weighted by atomic mass is 9.95. The van der Waals surface area contributed by atoms with Gasteiger partial charge in [0.25, 0.3) is 0 Å². The predicted molar refractivity (Wildman–Crippen MR) is 112 cm³/mol. The van der Waals surface area contributed by atoms with Crippen LogP contribution < -0.4 is 5.32 Å². The van der Waals surface area contributed by atoms with Crippen molar-refractivity contribution in [3.63, 3.8) is 0 Å². The number of nitrogens with one attached hydrogen (secondary N) is 1. The molecule has 4 rings (SSSR count). The molecule has 5 nitrogen and oxygen atoms in total. The average Bonchev–Trinajstić information content (AvgIpc) is 3.41. The van der Waals surface area contributed by atoms with Crippen molar-refractivity contribution in [2.75, 3.05) is 18.4 Å². The number of hydrogen-bond donors (Lipinski definition) is 1.